The number of aromatic nitrogens is 5. The first-order valence-electron chi connectivity index (χ1n) is 7.38. The van der Waals surface area contributed by atoms with Crippen LogP contribution in [-0.4, -0.2) is 42.5 Å². The number of ether oxygens (including phenoxy) is 2. The van der Waals surface area contributed by atoms with E-state index in [0.29, 0.717) is 12.2 Å². The molecule has 2 bridgehead atoms. The molecule has 1 saturated heterocycles. The monoisotopic (exact) mass is 305 g/mol. The highest BCUT2D eigenvalue weighted by Crippen LogP contribution is 2.48. The largest absolute Gasteiger partial charge is 0.344 e. The van der Waals surface area contributed by atoms with Crippen molar-refractivity contribution in [2.75, 3.05) is 0 Å². The number of H-pyrrole nitrogens is 1. The highest BCUT2D eigenvalue weighted by Gasteiger charge is 2.56. The maximum Gasteiger partial charge on any atom is 0.330 e. The van der Waals surface area contributed by atoms with Gasteiger partial charge >= 0.3 is 5.69 Å². The molecule has 0 spiro atoms. The Morgan fingerprint density at radius 2 is 2.05 bits per heavy atom. The van der Waals surface area contributed by atoms with E-state index >= 15 is 0 Å². The third-order valence-corrected chi connectivity index (χ3v) is 4.88. The highest BCUT2D eigenvalue weighted by molar-refractivity contribution is 5.69. The number of rotatable bonds is 0. The van der Waals surface area contributed by atoms with E-state index in [1.807, 2.05) is 13.8 Å². The first-order chi connectivity index (χ1) is 10.4. The average molecular weight is 305 g/mol. The summed E-state index contributed by atoms with van der Waals surface area (Å²) in [6.45, 7) is 4.32. The highest BCUT2D eigenvalue weighted by atomic mass is 16.8. The molecule has 1 N–H and O–H groups in total. The van der Waals surface area contributed by atoms with Crippen molar-refractivity contribution in [3.05, 3.63) is 20.8 Å². The Kier molecular flexibility index (Phi) is 2.09. The zero-order chi connectivity index (χ0) is 15.2. The van der Waals surface area contributed by atoms with Crippen molar-refractivity contribution in [1.82, 2.24) is 24.5 Å². The van der Waals surface area contributed by atoms with Gasteiger partial charge in [0, 0.05) is 5.92 Å². The first-order valence-corrected chi connectivity index (χ1v) is 7.38. The second-order valence-electron chi connectivity index (χ2n) is 6.70. The summed E-state index contributed by atoms with van der Waals surface area (Å²) in [5, 5.41) is 7.97. The smallest absolute Gasteiger partial charge is 0.330 e. The lowest BCUT2D eigenvalue weighted by Crippen LogP contribution is -2.39. The Balaban J connectivity index is 1.80. The van der Waals surface area contributed by atoms with Gasteiger partial charge in [-0.05, 0) is 20.3 Å². The van der Waals surface area contributed by atoms with Crippen LogP contribution < -0.4 is 11.2 Å². The summed E-state index contributed by atoms with van der Waals surface area (Å²) >= 11 is 0. The van der Waals surface area contributed by atoms with Crippen molar-refractivity contribution in [3.63, 3.8) is 0 Å². The molecule has 1 unspecified atom stereocenters. The number of nitrogens with zero attached hydrogens (tertiary/aromatic N) is 4. The van der Waals surface area contributed by atoms with Gasteiger partial charge in [0.05, 0.1) is 18.7 Å². The van der Waals surface area contributed by atoms with Gasteiger partial charge in [0.15, 0.2) is 17.0 Å². The fraction of sp³-hybridized carbons (Fsp3) is 0.692. The first kappa shape index (κ1) is 12.5. The molecule has 4 heterocycles. The lowest BCUT2D eigenvalue weighted by Gasteiger charge is -2.23. The molecule has 0 aromatic carbocycles. The molecule has 0 radical (unpaired) electrons. The number of nitrogens with one attached hydrogen (secondary N) is 1. The minimum atomic E-state index is -0.665. The zero-order valence-corrected chi connectivity index (χ0v) is 12.1. The molecule has 2 aromatic heterocycles. The molecule has 1 aliphatic carbocycles. The van der Waals surface area contributed by atoms with Gasteiger partial charge in [-0.15, -0.1) is 5.10 Å². The Morgan fingerprint density at radius 3 is 2.86 bits per heavy atom. The maximum absolute atomic E-state index is 12.4. The standard InChI is InChI=1S/C13H15N5O4/c1-13(2)21-8-5-3-6(9(8)22-13)18-11-7(10(19)14-12(18)20)15-16-17(11)4-5/h5-6,8-9H,3-4H2,1-2H3,(H,14,19,20)/t5-,6-,8+,9?/m1/s1. The van der Waals surface area contributed by atoms with E-state index in [9.17, 15) is 9.59 Å². The second kappa shape index (κ2) is 3.66. The molecule has 4 atom stereocenters. The summed E-state index contributed by atoms with van der Waals surface area (Å²) in [6, 6.07) is -0.177. The molecule has 2 aliphatic heterocycles. The predicted octanol–water partition coefficient (Wildman–Crippen LogP) is -0.624. The van der Waals surface area contributed by atoms with E-state index < -0.39 is 17.0 Å². The van der Waals surface area contributed by atoms with Crippen LogP contribution in [0, 0.1) is 5.92 Å². The lowest BCUT2D eigenvalue weighted by molar-refractivity contribution is -0.160. The van der Waals surface area contributed by atoms with E-state index in [-0.39, 0.29) is 29.7 Å². The normalized spacial score (nSPS) is 34.8. The molecule has 116 valence electrons. The summed E-state index contributed by atoms with van der Waals surface area (Å²) in [6.07, 6.45) is 0.484. The van der Waals surface area contributed by atoms with Crippen LogP contribution in [0.25, 0.3) is 11.2 Å². The van der Waals surface area contributed by atoms with Gasteiger partial charge in [0.25, 0.3) is 5.56 Å². The van der Waals surface area contributed by atoms with Gasteiger partial charge in [0.2, 0.25) is 0 Å². The minimum Gasteiger partial charge on any atom is -0.344 e. The molecule has 2 aromatic rings. The van der Waals surface area contributed by atoms with Gasteiger partial charge < -0.3 is 9.47 Å². The minimum absolute atomic E-state index is 0.0776. The van der Waals surface area contributed by atoms with Crippen molar-refractivity contribution in [2.24, 2.45) is 5.92 Å². The van der Waals surface area contributed by atoms with Crippen LogP contribution in [-0.2, 0) is 16.0 Å². The van der Waals surface area contributed by atoms with E-state index in [1.54, 1.807) is 9.25 Å². The average Bonchev–Trinajstić information content (AvgIpc) is 3.01. The third-order valence-electron chi connectivity index (χ3n) is 4.88. The summed E-state index contributed by atoms with van der Waals surface area (Å²) < 4.78 is 15.3. The van der Waals surface area contributed by atoms with Gasteiger partial charge in [0.1, 0.15) is 6.10 Å². The molecule has 9 heteroatoms. The van der Waals surface area contributed by atoms with Crippen molar-refractivity contribution >= 4 is 11.2 Å². The van der Waals surface area contributed by atoms with Crippen LogP contribution in [0.3, 0.4) is 0 Å². The SMILES string of the molecule is CC1(C)OC2[C@@H](O1)[C@@H]1C[C@H]2n2c(=O)[nH]c(=O)c3nnn(c32)C1. The van der Waals surface area contributed by atoms with Crippen molar-refractivity contribution in [3.8, 4) is 0 Å². The summed E-state index contributed by atoms with van der Waals surface area (Å²) in [5.74, 6) is -0.488. The summed E-state index contributed by atoms with van der Waals surface area (Å²) in [4.78, 5) is 26.6. The summed E-state index contributed by atoms with van der Waals surface area (Å²) in [5.41, 5.74) is -0.267. The number of aromatic amines is 1. The van der Waals surface area contributed by atoms with Crippen molar-refractivity contribution in [1.29, 1.82) is 0 Å². The van der Waals surface area contributed by atoms with Crippen LogP contribution in [0.4, 0.5) is 0 Å². The van der Waals surface area contributed by atoms with Crippen LogP contribution in [0.1, 0.15) is 26.3 Å². The molecule has 22 heavy (non-hydrogen) atoms. The molecule has 2 fully saturated rings. The second-order valence-corrected chi connectivity index (χ2v) is 6.70. The van der Waals surface area contributed by atoms with Crippen LogP contribution in [0.15, 0.2) is 9.59 Å². The maximum atomic E-state index is 12.4. The third kappa shape index (κ3) is 1.40. The van der Waals surface area contributed by atoms with E-state index in [1.165, 1.54) is 0 Å². The lowest BCUT2D eigenvalue weighted by atomic mass is 10.1. The summed E-state index contributed by atoms with van der Waals surface area (Å²) in [7, 11) is 0. The number of hydrogen-bond donors (Lipinski definition) is 1. The number of fused-ring (bicyclic) bond motifs is 6. The fourth-order valence-corrected chi connectivity index (χ4v) is 4.15. The molecule has 0 amide bonds. The molecule has 1 saturated carbocycles. The Morgan fingerprint density at radius 1 is 1.27 bits per heavy atom. The quantitative estimate of drug-likeness (QED) is 0.695. The molecular weight excluding hydrogens is 290 g/mol. The molecule has 3 aliphatic rings. The van der Waals surface area contributed by atoms with Crippen LogP contribution >= 0.6 is 0 Å². The number of hydrogen-bond acceptors (Lipinski definition) is 6. The van der Waals surface area contributed by atoms with E-state index in [2.05, 4.69) is 15.3 Å². The van der Waals surface area contributed by atoms with Crippen LogP contribution in [0.2, 0.25) is 0 Å². The van der Waals surface area contributed by atoms with Crippen LogP contribution in [0.5, 0.6) is 0 Å². The topological polar surface area (TPSA) is 104 Å². The van der Waals surface area contributed by atoms with Crippen molar-refractivity contribution < 1.29 is 9.47 Å². The zero-order valence-electron chi connectivity index (χ0n) is 12.1. The van der Waals surface area contributed by atoms with E-state index in [0.717, 1.165) is 6.42 Å². The Labute approximate surface area is 123 Å². The van der Waals surface area contributed by atoms with Gasteiger partial charge in [-0.3, -0.25) is 14.3 Å². The Bertz CT molecular complexity index is 909. The van der Waals surface area contributed by atoms with Crippen molar-refractivity contribution in [2.45, 2.75) is 50.8 Å². The fourth-order valence-electron chi connectivity index (χ4n) is 4.15. The molecule has 9 nitrogen and oxygen atoms in total. The van der Waals surface area contributed by atoms with Gasteiger partial charge in [-0.1, -0.05) is 5.21 Å². The Hall–Kier alpha value is -2.00. The van der Waals surface area contributed by atoms with Gasteiger partial charge in [-0.25, -0.2) is 9.48 Å². The van der Waals surface area contributed by atoms with Gasteiger partial charge in [-0.2, -0.15) is 0 Å². The molecule has 5 rings (SSSR count). The predicted molar refractivity (Wildman–Crippen MR) is 73.4 cm³/mol. The molecular formula is C13H15N5O4. The van der Waals surface area contributed by atoms with E-state index in [4.69, 9.17) is 9.47 Å².